The molecule has 0 aliphatic heterocycles. The van der Waals surface area contributed by atoms with Crippen molar-refractivity contribution < 1.29 is 27.5 Å². The molecule has 31 heavy (non-hydrogen) atoms. The molecule has 0 radical (unpaired) electrons. The number of para-hydroxylation sites is 3. The fourth-order valence-electron chi connectivity index (χ4n) is 3.08. The lowest BCUT2D eigenvalue weighted by Crippen LogP contribution is -2.17. The number of anilines is 2. The van der Waals surface area contributed by atoms with Gasteiger partial charge in [-0.3, -0.25) is 9.59 Å². The Bertz CT molecular complexity index is 1300. The Morgan fingerprint density at radius 3 is 2.39 bits per heavy atom. The summed E-state index contributed by atoms with van der Waals surface area (Å²) in [6.07, 6.45) is 0. The maximum atomic E-state index is 13.5. The molecule has 0 saturated heterocycles. The van der Waals surface area contributed by atoms with Crippen LogP contribution in [0.5, 0.6) is 5.75 Å². The van der Waals surface area contributed by atoms with Crippen LogP contribution in [0.15, 0.2) is 71.1 Å². The van der Waals surface area contributed by atoms with E-state index in [1.807, 2.05) is 0 Å². The van der Waals surface area contributed by atoms with Gasteiger partial charge in [-0.2, -0.15) is 0 Å². The van der Waals surface area contributed by atoms with Gasteiger partial charge >= 0.3 is 0 Å². The normalized spacial score (nSPS) is 10.7. The lowest BCUT2D eigenvalue weighted by Gasteiger charge is -2.10. The smallest absolute Gasteiger partial charge is 0.293 e. The highest BCUT2D eigenvalue weighted by molar-refractivity contribution is 6.17. The molecule has 0 bridgehead atoms. The first-order valence-electron chi connectivity index (χ1n) is 9.20. The zero-order valence-corrected chi connectivity index (χ0v) is 16.2. The maximum Gasteiger partial charge on any atom is 0.293 e. The summed E-state index contributed by atoms with van der Waals surface area (Å²) in [7, 11) is 1.47. The van der Waals surface area contributed by atoms with Crippen LogP contribution >= 0.6 is 0 Å². The number of ether oxygens (including phenoxy) is 1. The van der Waals surface area contributed by atoms with Crippen molar-refractivity contribution in [3.05, 3.63) is 89.7 Å². The Morgan fingerprint density at radius 1 is 0.871 bits per heavy atom. The largest absolute Gasteiger partial charge is 0.495 e. The second kappa shape index (κ2) is 8.27. The molecule has 2 amide bonds. The van der Waals surface area contributed by atoms with E-state index in [4.69, 9.17) is 9.15 Å². The zero-order valence-electron chi connectivity index (χ0n) is 16.2. The number of furan rings is 1. The van der Waals surface area contributed by atoms with Gasteiger partial charge in [0.1, 0.15) is 17.0 Å². The van der Waals surface area contributed by atoms with Gasteiger partial charge in [-0.15, -0.1) is 0 Å². The van der Waals surface area contributed by atoms with Crippen molar-refractivity contribution in [2.75, 3.05) is 17.7 Å². The molecule has 4 aromatic rings. The van der Waals surface area contributed by atoms with Crippen molar-refractivity contribution in [2.24, 2.45) is 0 Å². The van der Waals surface area contributed by atoms with Crippen molar-refractivity contribution in [3.63, 3.8) is 0 Å². The molecule has 1 heterocycles. The van der Waals surface area contributed by atoms with Crippen LogP contribution in [0.2, 0.25) is 0 Å². The van der Waals surface area contributed by atoms with Crippen LogP contribution in [-0.4, -0.2) is 18.9 Å². The molecule has 0 atom stereocenters. The minimum Gasteiger partial charge on any atom is -0.495 e. The van der Waals surface area contributed by atoms with Crippen molar-refractivity contribution >= 4 is 34.2 Å². The Labute approximate surface area is 175 Å². The third kappa shape index (κ3) is 3.95. The van der Waals surface area contributed by atoms with Gasteiger partial charge in [0.15, 0.2) is 11.6 Å². The lowest BCUT2D eigenvalue weighted by molar-refractivity contribution is 0.0999. The Hall–Kier alpha value is -4.20. The topological polar surface area (TPSA) is 80.6 Å². The summed E-state index contributed by atoms with van der Waals surface area (Å²) in [5.74, 6) is -3.28. The summed E-state index contributed by atoms with van der Waals surface area (Å²) in [6, 6.07) is 16.3. The van der Waals surface area contributed by atoms with E-state index >= 15 is 0 Å². The number of nitrogens with one attached hydrogen (secondary N) is 2. The standard InChI is InChI=1S/C23H16F2N2O4/c1-30-19-9-5-3-7-17(19)26-23(29)21-20(14-6-2-4-8-18(14)31-21)27-22(28)13-10-11-15(24)16(25)12-13/h2-12H,1H3,(H,26,29)(H,27,28). The van der Waals surface area contributed by atoms with Gasteiger partial charge in [0.2, 0.25) is 5.76 Å². The van der Waals surface area contributed by atoms with Crippen LogP contribution in [0, 0.1) is 11.6 Å². The summed E-state index contributed by atoms with van der Waals surface area (Å²) in [5.41, 5.74) is 0.777. The van der Waals surface area contributed by atoms with E-state index in [0.717, 1.165) is 18.2 Å². The average molecular weight is 422 g/mol. The van der Waals surface area contributed by atoms with Gasteiger partial charge < -0.3 is 19.8 Å². The molecule has 8 heteroatoms. The summed E-state index contributed by atoms with van der Waals surface area (Å²) in [4.78, 5) is 25.6. The van der Waals surface area contributed by atoms with Crippen molar-refractivity contribution in [1.29, 1.82) is 0 Å². The van der Waals surface area contributed by atoms with E-state index in [2.05, 4.69) is 10.6 Å². The molecule has 156 valence electrons. The SMILES string of the molecule is COc1ccccc1NC(=O)c1oc2ccccc2c1NC(=O)c1ccc(F)c(F)c1. The molecule has 1 aromatic heterocycles. The molecular formula is C23H16F2N2O4. The third-order valence-corrected chi connectivity index (χ3v) is 4.58. The van der Waals surface area contributed by atoms with E-state index in [0.29, 0.717) is 22.4 Å². The molecule has 0 saturated carbocycles. The third-order valence-electron chi connectivity index (χ3n) is 4.58. The van der Waals surface area contributed by atoms with Gasteiger partial charge in [-0.1, -0.05) is 24.3 Å². The van der Waals surface area contributed by atoms with Crippen LogP contribution in [0.4, 0.5) is 20.2 Å². The molecular weight excluding hydrogens is 406 g/mol. The van der Waals surface area contributed by atoms with Gasteiger partial charge in [-0.25, -0.2) is 8.78 Å². The number of benzene rings is 3. The van der Waals surface area contributed by atoms with E-state index in [1.165, 1.54) is 7.11 Å². The summed E-state index contributed by atoms with van der Waals surface area (Å²) < 4.78 is 37.7. The van der Waals surface area contributed by atoms with Gasteiger partial charge in [0.25, 0.3) is 11.8 Å². The first-order chi connectivity index (χ1) is 15.0. The fourth-order valence-corrected chi connectivity index (χ4v) is 3.08. The number of methoxy groups -OCH3 is 1. The monoisotopic (exact) mass is 422 g/mol. The van der Waals surface area contributed by atoms with E-state index in [9.17, 15) is 18.4 Å². The Kier molecular flexibility index (Phi) is 5.36. The van der Waals surface area contributed by atoms with Crippen LogP contribution in [-0.2, 0) is 0 Å². The van der Waals surface area contributed by atoms with Crippen LogP contribution < -0.4 is 15.4 Å². The molecule has 2 N–H and O–H groups in total. The maximum absolute atomic E-state index is 13.5. The minimum absolute atomic E-state index is 0.109. The number of rotatable bonds is 5. The number of carbonyl (C=O) groups is 2. The lowest BCUT2D eigenvalue weighted by atomic mass is 10.1. The highest BCUT2D eigenvalue weighted by Gasteiger charge is 2.24. The highest BCUT2D eigenvalue weighted by Crippen LogP contribution is 2.33. The van der Waals surface area contributed by atoms with Crippen molar-refractivity contribution in [2.45, 2.75) is 0 Å². The summed E-state index contributed by atoms with van der Waals surface area (Å²) in [6.45, 7) is 0. The Balaban J connectivity index is 1.71. The molecule has 3 aromatic carbocycles. The first kappa shape index (κ1) is 20.1. The van der Waals surface area contributed by atoms with Crippen LogP contribution in [0.25, 0.3) is 11.0 Å². The van der Waals surface area contributed by atoms with Crippen molar-refractivity contribution in [3.8, 4) is 5.75 Å². The number of halogens is 2. The molecule has 6 nitrogen and oxygen atoms in total. The van der Waals surface area contributed by atoms with Crippen LogP contribution in [0.3, 0.4) is 0 Å². The molecule has 0 spiro atoms. The number of fused-ring (bicyclic) bond motifs is 1. The minimum atomic E-state index is -1.15. The number of hydrogen-bond acceptors (Lipinski definition) is 4. The van der Waals surface area contributed by atoms with E-state index in [-0.39, 0.29) is 17.0 Å². The second-order valence-corrected chi connectivity index (χ2v) is 6.54. The first-order valence-corrected chi connectivity index (χ1v) is 9.20. The van der Waals surface area contributed by atoms with Crippen LogP contribution in [0.1, 0.15) is 20.9 Å². The summed E-state index contributed by atoms with van der Waals surface area (Å²) in [5, 5.41) is 5.74. The van der Waals surface area contributed by atoms with Gasteiger partial charge in [-0.05, 0) is 42.5 Å². The Morgan fingerprint density at radius 2 is 1.61 bits per heavy atom. The number of amides is 2. The molecule has 4 rings (SSSR count). The molecule has 0 fully saturated rings. The predicted octanol–water partition coefficient (Wildman–Crippen LogP) is 5.22. The zero-order chi connectivity index (χ0) is 22.0. The number of carbonyl (C=O) groups excluding carboxylic acids is 2. The fraction of sp³-hybridized carbons (Fsp3) is 0.0435. The molecule has 0 aliphatic rings. The van der Waals surface area contributed by atoms with E-state index in [1.54, 1.807) is 48.5 Å². The van der Waals surface area contributed by atoms with Crippen molar-refractivity contribution in [1.82, 2.24) is 0 Å². The average Bonchev–Trinajstić information content (AvgIpc) is 3.14. The van der Waals surface area contributed by atoms with Gasteiger partial charge in [0, 0.05) is 10.9 Å². The predicted molar refractivity (Wildman–Crippen MR) is 111 cm³/mol. The number of hydrogen-bond donors (Lipinski definition) is 2. The van der Waals surface area contributed by atoms with Gasteiger partial charge in [0.05, 0.1) is 12.8 Å². The molecule has 0 aliphatic carbocycles. The molecule has 0 unspecified atom stereocenters. The summed E-state index contributed by atoms with van der Waals surface area (Å²) >= 11 is 0. The second-order valence-electron chi connectivity index (χ2n) is 6.54. The quantitative estimate of drug-likeness (QED) is 0.462. The highest BCUT2D eigenvalue weighted by atomic mass is 19.2. The van der Waals surface area contributed by atoms with E-state index < -0.39 is 23.4 Å².